The lowest BCUT2D eigenvalue weighted by atomic mass is 10.0. The van der Waals surface area contributed by atoms with Gasteiger partial charge in [0.05, 0.1) is 18.8 Å². The van der Waals surface area contributed by atoms with E-state index < -0.39 is 16.1 Å². The van der Waals surface area contributed by atoms with E-state index in [1.807, 2.05) is 24.3 Å². The lowest BCUT2D eigenvalue weighted by molar-refractivity contribution is -0.169. The topological polar surface area (TPSA) is 87.9 Å². The Kier molecular flexibility index (Phi) is 5.48. The molecule has 24 heavy (non-hydrogen) atoms. The summed E-state index contributed by atoms with van der Waals surface area (Å²) >= 11 is 6.25. The Hall–Kier alpha value is -0.700. The fraction of sp³-hybridized carbons (Fsp3) is 0.625. The second kappa shape index (κ2) is 7.27. The Balaban J connectivity index is 1.69. The number of nitrogens with two attached hydrogens (primary N) is 1. The Morgan fingerprint density at radius 2 is 1.88 bits per heavy atom. The van der Waals surface area contributed by atoms with Crippen LogP contribution in [-0.2, 0) is 30.4 Å². The van der Waals surface area contributed by atoms with E-state index in [1.54, 1.807) is 0 Å². The molecule has 8 heteroatoms. The zero-order valence-corrected chi connectivity index (χ0v) is 14.9. The van der Waals surface area contributed by atoms with Crippen LogP contribution in [-0.4, -0.2) is 33.0 Å². The van der Waals surface area contributed by atoms with Crippen LogP contribution in [0.5, 0.6) is 0 Å². The van der Waals surface area contributed by atoms with Crippen molar-refractivity contribution in [2.45, 2.75) is 56.5 Å². The number of hydrogen-bond donors (Lipinski definition) is 1. The lowest BCUT2D eigenvalue weighted by Gasteiger charge is -2.22. The molecule has 1 heterocycles. The molecule has 2 unspecified atom stereocenters. The van der Waals surface area contributed by atoms with Crippen molar-refractivity contribution in [1.29, 1.82) is 0 Å². The second-order valence-electron chi connectivity index (χ2n) is 6.33. The number of hydrogen-bond acceptors (Lipinski definition) is 5. The van der Waals surface area contributed by atoms with Gasteiger partial charge >= 0.3 is 10.3 Å². The Bertz CT molecular complexity index is 675. The van der Waals surface area contributed by atoms with Gasteiger partial charge in [0, 0.05) is 30.7 Å². The first kappa shape index (κ1) is 18.1. The maximum absolute atomic E-state index is 10.9. The molecule has 134 valence electrons. The maximum Gasteiger partial charge on any atom is 0.333 e. The fourth-order valence-corrected chi connectivity index (χ4v) is 4.00. The molecule has 0 aromatic heterocycles. The molecule has 1 aliphatic heterocycles. The number of rotatable bonds is 6. The van der Waals surface area contributed by atoms with Crippen molar-refractivity contribution >= 4 is 21.9 Å². The van der Waals surface area contributed by atoms with Crippen LogP contribution < -0.4 is 5.14 Å². The highest BCUT2D eigenvalue weighted by Crippen LogP contribution is 2.43. The van der Waals surface area contributed by atoms with Crippen molar-refractivity contribution in [3.05, 3.63) is 34.9 Å². The smallest absolute Gasteiger partial charge is 0.333 e. The van der Waals surface area contributed by atoms with Crippen LogP contribution in [0.3, 0.4) is 0 Å². The molecule has 1 aliphatic carbocycles. The monoisotopic (exact) mass is 375 g/mol. The molecule has 2 fully saturated rings. The average Bonchev–Trinajstić information content (AvgIpc) is 3.08. The summed E-state index contributed by atoms with van der Waals surface area (Å²) in [6.45, 7) is -0.0258. The first-order chi connectivity index (χ1) is 11.4. The zero-order valence-electron chi connectivity index (χ0n) is 13.3. The molecule has 1 aromatic rings. The summed E-state index contributed by atoms with van der Waals surface area (Å²) in [6.07, 6.45) is 4.43. The van der Waals surface area contributed by atoms with E-state index in [0.29, 0.717) is 17.9 Å². The van der Waals surface area contributed by atoms with Gasteiger partial charge in [0.15, 0.2) is 5.79 Å². The van der Waals surface area contributed by atoms with E-state index in [1.165, 1.54) is 0 Å². The fourth-order valence-electron chi connectivity index (χ4n) is 3.46. The highest BCUT2D eigenvalue weighted by Gasteiger charge is 2.48. The standard InChI is InChI=1S/C16H22ClNO5S/c17-13-6-2-1-5-12(13)11-15-14(7-10-21-24(18,19)20)22-16(23-15)8-3-4-9-16/h1-2,5-6,14-15H,3-4,7-11H2,(H2,18,19,20). The van der Waals surface area contributed by atoms with E-state index in [2.05, 4.69) is 4.18 Å². The molecule has 1 aromatic carbocycles. The normalized spacial score (nSPS) is 26.2. The average molecular weight is 376 g/mol. The maximum atomic E-state index is 10.9. The molecule has 1 saturated carbocycles. The summed E-state index contributed by atoms with van der Waals surface area (Å²) in [5.41, 5.74) is 0.986. The largest absolute Gasteiger partial charge is 0.344 e. The number of halogens is 1. The van der Waals surface area contributed by atoms with Crippen LogP contribution >= 0.6 is 11.6 Å². The van der Waals surface area contributed by atoms with Gasteiger partial charge in [-0.15, -0.1) is 0 Å². The minimum atomic E-state index is -3.94. The molecule has 3 rings (SSSR count). The van der Waals surface area contributed by atoms with Crippen LogP contribution in [0.1, 0.15) is 37.7 Å². The van der Waals surface area contributed by atoms with Crippen LogP contribution in [0, 0.1) is 0 Å². The van der Waals surface area contributed by atoms with Gasteiger partial charge in [0.1, 0.15) is 0 Å². The number of ether oxygens (including phenoxy) is 2. The molecular weight excluding hydrogens is 354 g/mol. The van der Waals surface area contributed by atoms with Crippen molar-refractivity contribution < 1.29 is 22.1 Å². The molecule has 2 aliphatic rings. The van der Waals surface area contributed by atoms with E-state index in [-0.39, 0.29) is 18.8 Å². The molecule has 1 spiro atoms. The molecule has 2 atom stereocenters. The highest BCUT2D eigenvalue weighted by molar-refractivity contribution is 7.84. The van der Waals surface area contributed by atoms with Crippen molar-refractivity contribution in [3.63, 3.8) is 0 Å². The van der Waals surface area contributed by atoms with Crippen molar-refractivity contribution in [2.24, 2.45) is 5.14 Å². The Morgan fingerprint density at radius 3 is 2.54 bits per heavy atom. The van der Waals surface area contributed by atoms with Gasteiger partial charge in [0.2, 0.25) is 0 Å². The zero-order chi connectivity index (χ0) is 17.2. The van der Waals surface area contributed by atoms with Crippen LogP contribution in [0.15, 0.2) is 24.3 Å². The summed E-state index contributed by atoms with van der Waals surface area (Å²) < 4.78 is 38.9. The van der Waals surface area contributed by atoms with E-state index >= 15 is 0 Å². The minimum absolute atomic E-state index is 0.0258. The van der Waals surface area contributed by atoms with Crippen LogP contribution in [0.2, 0.25) is 5.02 Å². The molecule has 0 radical (unpaired) electrons. The van der Waals surface area contributed by atoms with Crippen molar-refractivity contribution in [1.82, 2.24) is 0 Å². The van der Waals surface area contributed by atoms with E-state index in [4.69, 9.17) is 26.2 Å². The third-order valence-corrected chi connectivity index (χ3v) is 5.41. The highest BCUT2D eigenvalue weighted by atomic mass is 35.5. The third-order valence-electron chi connectivity index (χ3n) is 4.54. The predicted molar refractivity (Wildman–Crippen MR) is 89.8 cm³/mol. The first-order valence-corrected chi connectivity index (χ1v) is 9.98. The quantitative estimate of drug-likeness (QED) is 0.825. The van der Waals surface area contributed by atoms with E-state index in [9.17, 15) is 8.42 Å². The molecule has 1 saturated heterocycles. The first-order valence-electron chi connectivity index (χ1n) is 8.13. The van der Waals surface area contributed by atoms with Crippen molar-refractivity contribution in [3.8, 4) is 0 Å². The number of benzene rings is 1. The Labute approximate surface area is 147 Å². The van der Waals surface area contributed by atoms with Gasteiger partial charge in [-0.3, -0.25) is 4.18 Å². The van der Waals surface area contributed by atoms with Gasteiger partial charge < -0.3 is 9.47 Å². The summed E-state index contributed by atoms with van der Waals surface area (Å²) in [6, 6.07) is 7.62. The molecule has 6 nitrogen and oxygen atoms in total. The van der Waals surface area contributed by atoms with Gasteiger partial charge in [-0.25, -0.2) is 5.14 Å². The second-order valence-corrected chi connectivity index (χ2v) is 7.96. The summed E-state index contributed by atoms with van der Waals surface area (Å²) in [5, 5.41) is 5.56. The van der Waals surface area contributed by atoms with Gasteiger partial charge in [-0.05, 0) is 24.5 Å². The molecule has 0 bridgehead atoms. The van der Waals surface area contributed by atoms with Crippen LogP contribution in [0.4, 0.5) is 0 Å². The van der Waals surface area contributed by atoms with E-state index in [0.717, 1.165) is 31.2 Å². The minimum Gasteiger partial charge on any atom is -0.344 e. The Morgan fingerprint density at radius 1 is 1.21 bits per heavy atom. The lowest BCUT2D eigenvalue weighted by Crippen LogP contribution is -2.27. The third kappa shape index (κ3) is 4.47. The molecular formula is C16H22ClNO5S. The summed E-state index contributed by atoms with van der Waals surface area (Å²) in [7, 11) is -3.94. The summed E-state index contributed by atoms with van der Waals surface area (Å²) in [5.74, 6) is -0.543. The van der Waals surface area contributed by atoms with Gasteiger partial charge in [0.25, 0.3) is 0 Å². The SMILES string of the molecule is NS(=O)(=O)OCCC1OC2(CCCC2)OC1Cc1ccccc1Cl. The summed E-state index contributed by atoms with van der Waals surface area (Å²) in [4.78, 5) is 0. The predicted octanol–water partition coefficient (Wildman–Crippen LogP) is 2.55. The van der Waals surface area contributed by atoms with Crippen molar-refractivity contribution in [2.75, 3.05) is 6.61 Å². The van der Waals surface area contributed by atoms with Gasteiger partial charge in [-0.1, -0.05) is 29.8 Å². The van der Waals surface area contributed by atoms with Gasteiger partial charge in [-0.2, -0.15) is 8.42 Å². The van der Waals surface area contributed by atoms with Crippen LogP contribution in [0.25, 0.3) is 0 Å². The molecule has 2 N–H and O–H groups in total. The molecule has 0 amide bonds.